The summed E-state index contributed by atoms with van der Waals surface area (Å²) >= 11 is 0. The van der Waals surface area contributed by atoms with Crippen molar-refractivity contribution in [3.8, 4) is 6.07 Å². The molecule has 0 atom stereocenters. The van der Waals surface area contributed by atoms with E-state index in [0.29, 0.717) is 6.04 Å². The van der Waals surface area contributed by atoms with Crippen LogP contribution >= 0.6 is 0 Å². The second-order valence-corrected chi connectivity index (χ2v) is 4.86. The largest absolute Gasteiger partial charge is 0.352 e. The van der Waals surface area contributed by atoms with Crippen molar-refractivity contribution in [2.75, 3.05) is 0 Å². The summed E-state index contributed by atoms with van der Waals surface area (Å²) in [5.41, 5.74) is -0.647. The van der Waals surface area contributed by atoms with Crippen LogP contribution in [0.2, 0.25) is 0 Å². The Morgan fingerprint density at radius 2 is 1.80 bits per heavy atom. The van der Waals surface area contributed by atoms with Gasteiger partial charge in [-0.1, -0.05) is 25.7 Å². The van der Waals surface area contributed by atoms with Gasteiger partial charge < -0.3 is 5.32 Å². The normalized spacial score (nSPS) is 25.0. The number of hydrogen-bond donors (Lipinski definition) is 1. The first-order valence-electron chi connectivity index (χ1n) is 5.99. The van der Waals surface area contributed by atoms with Crippen LogP contribution in [0.15, 0.2) is 0 Å². The fourth-order valence-corrected chi connectivity index (χ4v) is 2.26. The number of nitriles is 1. The molecule has 0 aromatic carbocycles. The van der Waals surface area contributed by atoms with Gasteiger partial charge in [-0.2, -0.15) is 5.26 Å². The second kappa shape index (κ2) is 4.22. The standard InChI is InChI=1S/C12H18N2O/c13-9-12(7-8-12)11(15)14-10-5-3-1-2-4-6-10/h10H,1-8H2,(H,14,15). The molecule has 0 bridgehead atoms. The van der Waals surface area contributed by atoms with Gasteiger partial charge in [0.25, 0.3) is 0 Å². The van der Waals surface area contributed by atoms with Gasteiger partial charge in [-0.25, -0.2) is 0 Å². The molecule has 0 saturated heterocycles. The Morgan fingerprint density at radius 3 is 2.27 bits per heavy atom. The van der Waals surface area contributed by atoms with Gasteiger partial charge >= 0.3 is 0 Å². The Balaban J connectivity index is 1.85. The van der Waals surface area contributed by atoms with Crippen LogP contribution in [0.3, 0.4) is 0 Å². The van der Waals surface area contributed by atoms with Crippen LogP contribution in [-0.4, -0.2) is 11.9 Å². The molecule has 0 heterocycles. The molecule has 1 amide bonds. The molecule has 3 nitrogen and oxygen atoms in total. The molecule has 0 aromatic heterocycles. The van der Waals surface area contributed by atoms with E-state index in [-0.39, 0.29) is 5.91 Å². The summed E-state index contributed by atoms with van der Waals surface area (Å²) in [6, 6.07) is 2.47. The van der Waals surface area contributed by atoms with Crippen molar-refractivity contribution < 1.29 is 4.79 Å². The first kappa shape index (κ1) is 10.5. The van der Waals surface area contributed by atoms with Crippen molar-refractivity contribution in [1.29, 1.82) is 5.26 Å². The van der Waals surface area contributed by atoms with Crippen molar-refractivity contribution in [1.82, 2.24) is 5.32 Å². The van der Waals surface area contributed by atoms with Gasteiger partial charge in [0.1, 0.15) is 5.41 Å². The molecular weight excluding hydrogens is 188 g/mol. The van der Waals surface area contributed by atoms with Gasteiger partial charge in [-0.3, -0.25) is 4.79 Å². The van der Waals surface area contributed by atoms with E-state index in [1.54, 1.807) is 0 Å². The van der Waals surface area contributed by atoms with E-state index in [4.69, 9.17) is 5.26 Å². The lowest BCUT2D eigenvalue weighted by atomic mass is 10.1. The zero-order chi connectivity index (χ0) is 10.7. The second-order valence-electron chi connectivity index (χ2n) is 4.86. The topological polar surface area (TPSA) is 52.9 Å². The van der Waals surface area contributed by atoms with E-state index >= 15 is 0 Å². The van der Waals surface area contributed by atoms with Crippen LogP contribution in [0.1, 0.15) is 51.4 Å². The third-order valence-corrected chi connectivity index (χ3v) is 3.59. The smallest absolute Gasteiger partial charge is 0.240 e. The van der Waals surface area contributed by atoms with Crippen LogP contribution in [0.4, 0.5) is 0 Å². The highest BCUT2D eigenvalue weighted by Crippen LogP contribution is 2.45. The summed E-state index contributed by atoms with van der Waals surface area (Å²) < 4.78 is 0. The third-order valence-electron chi connectivity index (χ3n) is 3.59. The average molecular weight is 206 g/mol. The molecule has 0 spiro atoms. The lowest BCUT2D eigenvalue weighted by molar-refractivity contribution is -0.125. The Bertz CT molecular complexity index is 280. The van der Waals surface area contributed by atoms with Crippen molar-refractivity contribution in [3.63, 3.8) is 0 Å². The monoisotopic (exact) mass is 206 g/mol. The van der Waals surface area contributed by atoms with Gasteiger partial charge in [-0.15, -0.1) is 0 Å². The minimum absolute atomic E-state index is 0.0168. The van der Waals surface area contributed by atoms with Crippen LogP contribution < -0.4 is 5.32 Å². The fourth-order valence-electron chi connectivity index (χ4n) is 2.26. The summed E-state index contributed by atoms with van der Waals surface area (Å²) in [4.78, 5) is 11.8. The van der Waals surface area contributed by atoms with Crippen LogP contribution in [0, 0.1) is 16.7 Å². The highest BCUT2D eigenvalue weighted by atomic mass is 16.2. The zero-order valence-electron chi connectivity index (χ0n) is 9.09. The molecule has 3 heteroatoms. The van der Waals surface area contributed by atoms with Gasteiger partial charge in [0, 0.05) is 6.04 Å². The van der Waals surface area contributed by atoms with Gasteiger partial charge in [0.15, 0.2) is 0 Å². The predicted molar refractivity (Wildman–Crippen MR) is 56.9 cm³/mol. The van der Waals surface area contributed by atoms with Crippen molar-refractivity contribution in [2.24, 2.45) is 5.41 Å². The van der Waals surface area contributed by atoms with E-state index in [9.17, 15) is 4.79 Å². The Labute approximate surface area is 90.8 Å². The lowest BCUT2D eigenvalue weighted by Crippen LogP contribution is -2.39. The Kier molecular flexibility index (Phi) is 2.95. The third kappa shape index (κ3) is 2.31. The molecule has 2 fully saturated rings. The summed E-state index contributed by atoms with van der Waals surface area (Å²) in [7, 11) is 0. The molecule has 2 aliphatic carbocycles. The fraction of sp³-hybridized carbons (Fsp3) is 0.833. The molecule has 1 N–H and O–H groups in total. The quantitative estimate of drug-likeness (QED) is 0.704. The molecule has 0 radical (unpaired) electrons. The predicted octanol–water partition coefficient (Wildman–Crippen LogP) is 2.13. The van der Waals surface area contributed by atoms with Crippen LogP contribution in [0.5, 0.6) is 0 Å². The molecule has 2 saturated carbocycles. The maximum Gasteiger partial charge on any atom is 0.240 e. The van der Waals surface area contributed by atoms with Crippen LogP contribution in [0.25, 0.3) is 0 Å². The van der Waals surface area contributed by atoms with Crippen molar-refractivity contribution >= 4 is 5.91 Å². The highest BCUT2D eigenvalue weighted by molar-refractivity contribution is 5.88. The molecule has 82 valence electrons. The molecule has 0 aromatic rings. The summed E-state index contributed by atoms with van der Waals surface area (Å²) in [5, 5.41) is 12.0. The number of nitrogens with one attached hydrogen (secondary N) is 1. The number of nitrogens with zero attached hydrogens (tertiary/aromatic N) is 1. The minimum Gasteiger partial charge on any atom is -0.352 e. The molecule has 15 heavy (non-hydrogen) atoms. The Hall–Kier alpha value is -1.04. The Morgan fingerprint density at radius 1 is 1.20 bits per heavy atom. The summed E-state index contributed by atoms with van der Waals surface area (Å²) in [5.74, 6) is -0.0168. The minimum atomic E-state index is -0.647. The van der Waals surface area contributed by atoms with Crippen molar-refractivity contribution in [3.05, 3.63) is 0 Å². The number of carbonyl (C=O) groups excluding carboxylic acids is 1. The van der Waals surface area contributed by atoms with E-state index in [2.05, 4.69) is 11.4 Å². The average Bonchev–Trinajstić information content (AvgIpc) is 3.03. The van der Waals surface area contributed by atoms with Gasteiger partial charge in [0.05, 0.1) is 6.07 Å². The van der Waals surface area contributed by atoms with Crippen LogP contribution in [-0.2, 0) is 4.79 Å². The van der Waals surface area contributed by atoms with E-state index < -0.39 is 5.41 Å². The maximum atomic E-state index is 11.8. The molecular formula is C12H18N2O. The summed E-state index contributed by atoms with van der Waals surface area (Å²) in [6.45, 7) is 0. The zero-order valence-corrected chi connectivity index (χ0v) is 9.09. The first-order valence-corrected chi connectivity index (χ1v) is 5.99. The maximum absolute atomic E-state index is 11.8. The van der Waals surface area contributed by atoms with E-state index in [0.717, 1.165) is 25.7 Å². The number of carbonyl (C=O) groups is 1. The van der Waals surface area contributed by atoms with Gasteiger partial charge in [0.2, 0.25) is 5.91 Å². The molecule has 2 aliphatic rings. The lowest BCUT2D eigenvalue weighted by Gasteiger charge is -2.17. The molecule has 2 rings (SSSR count). The summed E-state index contributed by atoms with van der Waals surface area (Å²) in [6.07, 6.45) is 8.69. The van der Waals surface area contributed by atoms with E-state index in [1.165, 1.54) is 25.7 Å². The van der Waals surface area contributed by atoms with E-state index in [1.807, 2.05) is 0 Å². The first-order chi connectivity index (χ1) is 7.27. The SMILES string of the molecule is N#CC1(C(=O)NC2CCCCCC2)CC1. The molecule has 0 unspecified atom stereocenters. The highest BCUT2D eigenvalue weighted by Gasteiger charge is 2.50. The van der Waals surface area contributed by atoms with Gasteiger partial charge in [-0.05, 0) is 25.7 Å². The molecule has 0 aliphatic heterocycles. The number of hydrogen-bond acceptors (Lipinski definition) is 2. The number of amides is 1. The number of rotatable bonds is 2. The van der Waals surface area contributed by atoms with Crippen molar-refractivity contribution in [2.45, 2.75) is 57.4 Å².